The number of rotatable bonds is 4. The maximum absolute atomic E-state index is 12.6. The summed E-state index contributed by atoms with van der Waals surface area (Å²) >= 11 is 0. The third kappa shape index (κ3) is 3.93. The number of benzene rings is 1. The quantitative estimate of drug-likeness (QED) is 0.742. The van der Waals surface area contributed by atoms with Crippen molar-refractivity contribution in [3.63, 3.8) is 0 Å². The lowest BCUT2D eigenvalue weighted by Crippen LogP contribution is -2.15. The van der Waals surface area contributed by atoms with E-state index in [1.807, 2.05) is 31.2 Å². The van der Waals surface area contributed by atoms with Crippen LogP contribution in [0.3, 0.4) is 0 Å². The molecule has 1 aromatic carbocycles. The molecule has 0 bridgehead atoms. The summed E-state index contributed by atoms with van der Waals surface area (Å²) in [6.45, 7) is 3.92. The zero-order chi connectivity index (χ0) is 17.6. The van der Waals surface area contributed by atoms with Gasteiger partial charge in [0, 0.05) is 18.0 Å². The number of pyridine rings is 2. The van der Waals surface area contributed by atoms with Crippen molar-refractivity contribution in [2.45, 2.75) is 13.8 Å². The van der Waals surface area contributed by atoms with Gasteiger partial charge < -0.3 is 10.1 Å². The minimum absolute atomic E-state index is 0.270. The zero-order valence-electron chi connectivity index (χ0n) is 14.0. The molecule has 25 heavy (non-hydrogen) atoms. The molecule has 124 valence electrons. The van der Waals surface area contributed by atoms with E-state index in [4.69, 9.17) is 4.74 Å². The summed E-state index contributed by atoms with van der Waals surface area (Å²) in [6.07, 6.45) is 1.71. The van der Waals surface area contributed by atoms with Gasteiger partial charge in [0.2, 0.25) is 0 Å². The van der Waals surface area contributed by atoms with Crippen LogP contribution in [0, 0.1) is 18.8 Å². The summed E-state index contributed by atoms with van der Waals surface area (Å²) in [5, 5.41) is 2.86. The van der Waals surface area contributed by atoms with Gasteiger partial charge >= 0.3 is 0 Å². The lowest BCUT2D eigenvalue weighted by atomic mass is 10.1. The van der Waals surface area contributed by atoms with Gasteiger partial charge in [-0.05, 0) is 49.7 Å². The molecule has 3 rings (SSSR count). The summed E-state index contributed by atoms with van der Waals surface area (Å²) in [4.78, 5) is 21.3. The smallest absolute Gasteiger partial charge is 0.274 e. The number of hydrogen-bond acceptors (Lipinski definition) is 4. The van der Waals surface area contributed by atoms with Gasteiger partial charge in [0.25, 0.3) is 5.91 Å². The van der Waals surface area contributed by atoms with E-state index in [0.29, 0.717) is 29.3 Å². The number of amides is 1. The van der Waals surface area contributed by atoms with Gasteiger partial charge in [0.15, 0.2) is 0 Å². The van der Waals surface area contributed by atoms with Crippen molar-refractivity contribution in [1.82, 2.24) is 9.97 Å². The fourth-order valence-corrected chi connectivity index (χ4v) is 2.37. The van der Waals surface area contributed by atoms with Crippen molar-refractivity contribution in [2.24, 2.45) is 0 Å². The van der Waals surface area contributed by atoms with Crippen molar-refractivity contribution < 1.29 is 9.53 Å². The van der Waals surface area contributed by atoms with Crippen LogP contribution in [0.2, 0.25) is 0 Å². The molecule has 0 radical (unpaired) electrons. The minimum Gasteiger partial charge on any atom is -0.481 e. The van der Waals surface area contributed by atoms with Crippen LogP contribution < -0.4 is 10.1 Å². The van der Waals surface area contributed by atoms with Gasteiger partial charge in [0.1, 0.15) is 18.1 Å². The van der Waals surface area contributed by atoms with Crippen LogP contribution >= 0.6 is 0 Å². The number of ether oxygens (including phenoxy) is 1. The molecule has 2 aromatic heterocycles. The first kappa shape index (κ1) is 16.5. The topological polar surface area (TPSA) is 64.1 Å². The van der Waals surface area contributed by atoms with Gasteiger partial charge in [-0.2, -0.15) is 0 Å². The number of aryl methyl sites for hydroxylation is 1. The van der Waals surface area contributed by atoms with E-state index >= 15 is 0 Å². The van der Waals surface area contributed by atoms with Crippen molar-refractivity contribution in [3.8, 4) is 17.6 Å². The van der Waals surface area contributed by atoms with E-state index < -0.39 is 0 Å². The highest BCUT2D eigenvalue weighted by Gasteiger charge is 2.13. The van der Waals surface area contributed by atoms with E-state index in [-0.39, 0.29) is 5.91 Å². The van der Waals surface area contributed by atoms with E-state index in [1.54, 1.807) is 31.3 Å². The second kappa shape index (κ2) is 7.45. The standard InChI is InChI=1S/C20H17N3O2/c1-3-4-11-25-16-8-5-7-15(13-16)22-20(24)19-14(2)12-18-17(23-19)9-6-10-21-18/h5-10,12-13H,11H2,1-2H3,(H,22,24). The molecule has 0 aliphatic carbocycles. The summed E-state index contributed by atoms with van der Waals surface area (Å²) in [5.74, 6) is 5.98. The summed E-state index contributed by atoms with van der Waals surface area (Å²) in [5.41, 5.74) is 3.25. The van der Waals surface area contributed by atoms with Crippen LogP contribution in [0.1, 0.15) is 23.0 Å². The Balaban J connectivity index is 1.81. The first-order valence-corrected chi connectivity index (χ1v) is 7.83. The normalized spacial score (nSPS) is 10.0. The van der Waals surface area contributed by atoms with E-state index in [1.165, 1.54) is 0 Å². The van der Waals surface area contributed by atoms with Crippen molar-refractivity contribution in [1.29, 1.82) is 0 Å². The SMILES string of the molecule is CC#CCOc1cccc(NC(=O)c2nc3cccnc3cc2C)c1. The fourth-order valence-electron chi connectivity index (χ4n) is 2.37. The number of nitrogens with one attached hydrogen (secondary N) is 1. The molecule has 0 atom stereocenters. The predicted molar refractivity (Wildman–Crippen MR) is 97.6 cm³/mol. The van der Waals surface area contributed by atoms with Crippen molar-refractivity contribution in [3.05, 3.63) is 59.9 Å². The lowest BCUT2D eigenvalue weighted by molar-refractivity contribution is 0.102. The Morgan fingerprint density at radius 1 is 1.20 bits per heavy atom. The van der Waals surface area contributed by atoms with Crippen LogP contribution in [0.4, 0.5) is 5.69 Å². The zero-order valence-corrected chi connectivity index (χ0v) is 14.0. The summed E-state index contributed by atoms with van der Waals surface area (Å²) in [6, 6.07) is 12.7. The average Bonchev–Trinajstić information content (AvgIpc) is 2.61. The minimum atomic E-state index is -0.270. The highest BCUT2D eigenvalue weighted by atomic mass is 16.5. The van der Waals surface area contributed by atoms with E-state index in [2.05, 4.69) is 27.1 Å². The largest absolute Gasteiger partial charge is 0.481 e. The van der Waals surface area contributed by atoms with Crippen LogP contribution in [0.25, 0.3) is 11.0 Å². The average molecular weight is 331 g/mol. The van der Waals surface area contributed by atoms with Crippen molar-refractivity contribution >= 4 is 22.6 Å². The number of aromatic nitrogens is 2. The van der Waals surface area contributed by atoms with Crippen molar-refractivity contribution in [2.75, 3.05) is 11.9 Å². The van der Waals surface area contributed by atoms with E-state index in [9.17, 15) is 4.79 Å². The molecule has 0 spiro atoms. The van der Waals surface area contributed by atoms with Gasteiger partial charge in [-0.1, -0.05) is 12.0 Å². The molecule has 0 aliphatic heterocycles. The summed E-state index contributed by atoms with van der Waals surface area (Å²) < 4.78 is 5.51. The van der Waals surface area contributed by atoms with E-state index in [0.717, 1.165) is 11.1 Å². The molecule has 0 fully saturated rings. The highest BCUT2D eigenvalue weighted by Crippen LogP contribution is 2.19. The Labute approximate surface area is 146 Å². The molecule has 0 saturated heterocycles. The maximum Gasteiger partial charge on any atom is 0.274 e. The molecule has 3 aromatic rings. The molecule has 0 aliphatic rings. The second-order valence-corrected chi connectivity index (χ2v) is 5.39. The third-order valence-corrected chi connectivity index (χ3v) is 3.57. The molecule has 0 unspecified atom stereocenters. The Morgan fingerprint density at radius 2 is 2.08 bits per heavy atom. The maximum atomic E-state index is 12.6. The second-order valence-electron chi connectivity index (χ2n) is 5.39. The van der Waals surface area contributed by atoms with Gasteiger partial charge in [-0.15, -0.1) is 5.92 Å². The predicted octanol–water partition coefficient (Wildman–Crippen LogP) is 3.59. The first-order valence-electron chi connectivity index (χ1n) is 7.83. The molecule has 1 N–H and O–H groups in total. The molecule has 5 nitrogen and oxygen atoms in total. The number of hydrogen-bond donors (Lipinski definition) is 1. The number of fused-ring (bicyclic) bond motifs is 1. The fraction of sp³-hybridized carbons (Fsp3) is 0.150. The number of nitrogens with zero attached hydrogens (tertiary/aromatic N) is 2. The van der Waals surface area contributed by atoms with Gasteiger partial charge in [0.05, 0.1) is 11.0 Å². The molecular weight excluding hydrogens is 314 g/mol. The van der Waals surface area contributed by atoms with Crippen LogP contribution in [-0.4, -0.2) is 22.5 Å². The Morgan fingerprint density at radius 3 is 2.92 bits per heavy atom. The Kier molecular flexibility index (Phi) is 4.91. The monoisotopic (exact) mass is 331 g/mol. The van der Waals surface area contributed by atoms with Crippen LogP contribution in [0.15, 0.2) is 48.7 Å². The Hall–Kier alpha value is -3.39. The van der Waals surface area contributed by atoms with Gasteiger partial charge in [-0.25, -0.2) is 4.98 Å². The highest BCUT2D eigenvalue weighted by molar-refractivity contribution is 6.05. The Bertz CT molecular complexity index is 987. The third-order valence-electron chi connectivity index (χ3n) is 3.57. The molecule has 0 saturated carbocycles. The molecule has 5 heteroatoms. The van der Waals surface area contributed by atoms with Crippen LogP contribution in [-0.2, 0) is 0 Å². The number of anilines is 1. The van der Waals surface area contributed by atoms with Crippen LogP contribution in [0.5, 0.6) is 5.75 Å². The number of carbonyl (C=O) groups excluding carboxylic acids is 1. The molecule has 1 amide bonds. The molecule has 2 heterocycles. The van der Waals surface area contributed by atoms with Gasteiger partial charge in [-0.3, -0.25) is 9.78 Å². The lowest BCUT2D eigenvalue weighted by Gasteiger charge is -2.09. The number of carbonyl (C=O) groups is 1. The summed E-state index contributed by atoms with van der Waals surface area (Å²) in [7, 11) is 0. The molecular formula is C20H17N3O2. The first-order chi connectivity index (χ1) is 12.2.